The van der Waals surface area contributed by atoms with E-state index in [9.17, 15) is 9.59 Å². The van der Waals surface area contributed by atoms with Gasteiger partial charge < -0.3 is 14.8 Å². The van der Waals surface area contributed by atoms with Gasteiger partial charge in [-0.1, -0.05) is 54.6 Å². The molecule has 29 heavy (non-hydrogen) atoms. The standard InChI is InChI=1S/C24H25NO4/c1-17(12-13-18-8-4-3-5-9-18)25-23(26)16-29-24(27)21-14-19-10-6-7-11-20(19)15-22(21)28-2/h3-11,14-15,17H,12-13,16H2,1-2H3,(H,25,26)/t17-/m1/s1. The molecule has 1 amide bonds. The average molecular weight is 391 g/mol. The highest BCUT2D eigenvalue weighted by Gasteiger charge is 2.17. The fourth-order valence-corrected chi connectivity index (χ4v) is 3.17. The molecule has 5 heteroatoms. The van der Waals surface area contributed by atoms with E-state index in [-0.39, 0.29) is 18.6 Å². The van der Waals surface area contributed by atoms with E-state index in [1.54, 1.807) is 12.1 Å². The minimum absolute atomic E-state index is 0.0170. The molecule has 3 aromatic carbocycles. The molecule has 3 rings (SSSR count). The Labute approximate surface area is 170 Å². The molecule has 0 bridgehead atoms. The Bertz CT molecular complexity index is 985. The molecule has 0 unspecified atom stereocenters. The number of hydrogen-bond donors (Lipinski definition) is 1. The van der Waals surface area contributed by atoms with Gasteiger partial charge in [0.05, 0.1) is 7.11 Å². The maximum absolute atomic E-state index is 12.5. The molecule has 0 saturated carbocycles. The lowest BCUT2D eigenvalue weighted by molar-refractivity contribution is -0.124. The van der Waals surface area contributed by atoms with Gasteiger partial charge in [0.2, 0.25) is 0 Å². The lowest BCUT2D eigenvalue weighted by Crippen LogP contribution is -2.36. The van der Waals surface area contributed by atoms with Crippen LogP contribution >= 0.6 is 0 Å². The van der Waals surface area contributed by atoms with Crippen molar-refractivity contribution in [2.75, 3.05) is 13.7 Å². The fraction of sp³-hybridized carbons (Fsp3) is 0.250. The van der Waals surface area contributed by atoms with Crippen molar-refractivity contribution in [1.82, 2.24) is 5.32 Å². The summed E-state index contributed by atoms with van der Waals surface area (Å²) in [7, 11) is 1.50. The molecule has 0 fully saturated rings. The van der Waals surface area contributed by atoms with Gasteiger partial charge in [-0.2, -0.15) is 0 Å². The third-order valence-electron chi connectivity index (χ3n) is 4.74. The number of ether oxygens (including phenoxy) is 2. The first-order valence-corrected chi connectivity index (χ1v) is 9.64. The number of benzene rings is 3. The van der Waals surface area contributed by atoms with Crippen molar-refractivity contribution in [3.63, 3.8) is 0 Å². The highest BCUT2D eigenvalue weighted by Crippen LogP contribution is 2.26. The van der Waals surface area contributed by atoms with Crippen LogP contribution in [-0.2, 0) is 16.0 Å². The third kappa shape index (κ3) is 5.57. The highest BCUT2D eigenvalue weighted by molar-refractivity contribution is 5.99. The minimum Gasteiger partial charge on any atom is -0.496 e. The molecule has 0 spiro atoms. The number of rotatable bonds is 8. The first-order chi connectivity index (χ1) is 14.1. The Morgan fingerprint density at radius 3 is 2.31 bits per heavy atom. The van der Waals surface area contributed by atoms with Gasteiger partial charge >= 0.3 is 5.97 Å². The van der Waals surface area contributed by atoms with Gasteiger partial charge in [0.1, 0.15) is 11.3 Å². The van der Waals surface area contributed by atoms with Crippen LogP contribution in [0, 0.1) is 0 Å². The van der Waals surface area contributed by atoms with E-state index in [0.717, 1.165) is 23.6 Å². The number of nitrogens with one attached hydrogen (secondary N) is 1. The molecule has 150 valence electrons. The van der Waals surface area contributed by atoms with E-state index in [1.165, 1.54) is 12.7 Å². The molecule has 1 N–H and O–H groups in total. The summed E-state index contributed by atoms with van der Waals surface area (Å²) >= 11 is 0. The number of esters is 1. The first kappa shape index (κ1) is 20.4. The van der Waals surface area contributed by atoms with Crippen LogP contribution in [0.2, 0.25) is 0 Å². The fourth-order valence-electron chi connectivity index (χ4n) is 3.17. The smallest absolute Gasteiger partial charge is 0.342 e. The van der Waals surface area contributed by atoms with Crippen LogP contribution in [0.1, 0.15) is 29.3 Å². The molecular weight excluding hydrogens is 366 g/mol. The van der Waals surface area contributed by atoms with Crippen molar-refractivity contribution >= 4 is 22.6 Å². The second-order valence-corrected chi connectivity index (χ2v) is 6.97. The van der Waals surface area contributed by atoms with Crippen molar-refractivity contribution in [2.45, 2.75) is 25.8 Å². The van der Waals surface area contributed by atoms with E-state index in [4.69, 9.17) is 9.47 Å². The molecule has 3 aromatic rings. The Hall–Kier alpha value is -3.34. The SMILES string of the molecule is COc1cc2ccccc2cc1C(=O)OCC(=O)N[C@H](C)CCc1ccccc1. The number of amides is 1. The topological polar surface area (TPSA) is 64.6 Å². The Morgan fingerprint density at radius 2 is 1.62 bits per heavy atom. The van der Waals surface area contributed by atoms with Crippen LogP contribution in [0.15, 0.2) is 66.7 Å². The zero-order valence-electron chi connectivity index (χ0n) is 16.7. The molecule has 5 nitrogen and oxygen atoms in total. The van der Waals surface area contributed by atoms with Crippen LogP contribution in [0.4, 0.5) is 0 Å². The Kier molecular flexibility index (Phi) is 6.85. The summed E-state index contributed by atoms with van der Waals surface area (Å²) in [5.74, 6) is -0.483. The van der Waals surface area contributed by atoms with Crippen molar-refractivity contribution < 1.29 is 19.1 Å². The maximum atomic E-state index is 12.5. The summed E-state index contributed by atoms with van der Waals surface area (Å²) in [6.07, 6.45) is 1.68. The average Bonchev–Trinajstić information content (AvgIpc) is 2.75. The molecule has 0 radical (unpaired) electrons. The molecular formula is C24H25NO4. The van der Waals surface area contributed by atoms with Gasteiger partial charge in [-0.25, -0.2) is 4.79 Å². The monoisotopic (exact) mass is 391 g/mol. The number of fused-ring (bicyclic) bond motifs is 1. The summed E-state index contributed by atoms with van der Waals surface area (Å²) in [4.78, 5) is 24.6. The van der Waals surface area contributed by atoms with Crippen LogP contribution in [-0.4, -0.2) is 31.6 Å². The van der Waals surface area contributed by atoms with Crippen LogP contribution in [0.3, 0.4) is 0 Å². The normalized spacial score (nSPS) is 11.7. The molecule has 0 saturated heterocycles. The molecule has 0 aliphatic carbocycles. The Balaban J connectivity index is 1.53. The first-order valence-electron chi connectivity index (χ1n) is 9.64. The van der Waals surface area contributed by atoms with E-state index in [1.807, 2.05) is 49.4 Å². The zero-order valence-corrected chi connectivity index (χ0v) is 16.7. The molecule has 0 aliphatic rings. The largest absolute Gasteiger partial charge is 0.496 e. The van der Waals surface area contributed by atoms with Crippen LogP contribution < -0.4 is 10.1 Å². The lowest BCUT2D eigenvalue weighted by Gasteiger charge is -2.14. The summed E-state index contributed by atoms with van der Waals surface area (Å²) in [5.41, 5.74) is 1.53. The van der Waals surface area contributed by atoms with Crippen LogP contribution in [0.5, 0.6) is 5.75 Å². The summed E-state index contributed by atoms with van der Waals surface area (Å²) in [5, 5.41) is 4.73. The zero-order chi connectivity index (χ0) is 20.6. The van der Waals surface area contributed by atoms with E-state index >= 15 is 0 Å². The summed E-state index contributed by atoms with van der Waals surface area (Å²) in [6, 6.07) is 21.3. The minimum atomic E-state index is -0.584. The predicted molar refractivity (Wildman–Crippen MR) is 113 cm³/mol. The number of carbonyl (C=O) groups is 2. The van der Waals surface area contributed by atoms with Gasteiger partial charge in [0.15, 0.2) is 6.61 Å². The number of hydrogen-bond acceptors (Lipinski definition) is 4. The highest BCUT2D eigenvalue weighted by atomic mass is 16.5. The molecule has 0 aliphatic heterocycles. The molecule has 0 heterocycles. The number of carbonyl (C=O) groups excluding carboxylic acids is 2. The third-order valence-corrected chi connectivity index (χ3v) is 4.74. The number of methoxy groups -OCH3 is 1. The van der Waals surface area contributed by atoms with E-state index < -0.39 is 5.97 Å². The maximum Gasteiger partial charge on any atom is 0.342 e. The predicted octanol–water partition coefficient (Wildman–Crippen LogP) is 4.14. The summed E-state index contributed by atoms with van der Waals surface area (Å²) < 4.78 is 10.5. The van der Waals surface area contributed by atoms with Crippen molar-refractivity contribution in [3.8, 4) is 5.75 Å². The van der Waals surface area contributed by atoms with E-state index in [0.29, 0.717) is 11.3 Å². The van der Waals surface area contributed by atoms with Crippen molar-refractivity contribution in [3.05, 3.63) is 77.9 Å². The number of aryl methyl sites for hydroxylation is 1. The van der Waals surface area contributed by atoms with Crippen molar-refractivity contribution in [1.29, 1.82) is 0 Å². The van der Waals surface area contributed by atoms with Gasteiger partial charge in [-0.15, -0.1) is 0 Å². The molecule has 0 aromatic heterocycles. The van der Waals surface area contributed by atoms with Gasteiger partial charge in [-0.05, 0) is 48.2 Å². The molecule has 1 atom stereocenters. The van der Waals surface area contributed by atoms with Gasteiger partial charge in [0.25, 0.3) is 5.91 Å². The van der Waals surface area contributed by atoms with Crippen molar-refractivity contribution in [2.24, 2.45) is 0 Å². The lowest BCUT2D eigenvalue weighted by atomic mass is 10.1. The Morgan fingerprint density at radius 1 is 0.966 bits per heavy atom. The van der Waals surface area contributed by atoms with Crippen LogP contribution in [0.25, 0.3) is 10.8 Å². The van der Waals surface area contributed by atoms with Gasteiger partial charge in [-0.3, -0.25) is 4.79 Å². The van der Waals surface area contributed by atoms with E-state index in [2.05, 4.69) is 17.4 Å². The second kappa shape index (κ2) is 9.73. The van der Waals surface area contributed by atoms with Gasteiger partial charge in [0, 0.05) is 6.04 Å². The second-order valence-electron chi connectivity index (χ2n) is 6.97. The quantitative estimate of drug-likeness (QED) is 0.586. The summed E-state index contributed by atoms with van der Waals surface area (Å²) in [6.45, 7) is 1.61.